The first-order valence-electron chi connectivity index (χ1n) is 14.3. The van der Waals surface area contributed by atoms with Crippen LogP contribution in [0.15, 0.2) is 24.3 Å². The van der Waals surface area contributed by atoms with E-state index < -0.39 is 109 Å². The Morgan fingerprint density at radius 2 is 1.13 bits per heavy atom. The number of anilines is 1. The minimum absolute atomic E-state index is 0.0213. The largest absolute Gasteiger partial charge is 0.481 e. The van der Waals surface area contributed by atoms with Crippen molar-refractivity contribution in [3.05, 3.63) is 34.4 Å². The molecule has 258 valence electrons. The third-order valence-electron chi connectivity index (χ3n) is 6.32. The molecule has 0 saturated heterocycles. The van der Waals surface area contributed by atoms with E-state index in [1.807, 2.05) is 0 Å². The number of aliphatic carboxylic acids is 3. The van der Waals surface area contributed by atoms with Crippen molar-refractivity contribution >= 4 is 58.8 Å². The average molecular weight is 667 g/mol. The summed E-state index contributed by atoms with van der Waals surface area (Å²) in [4.78, 5) is 108. The van der Waals surface area contributed by atoms with Gasteiger partial charge in [-0.2, -0.15) is 0 Å². The van der Waals surface area contributed by atoms with Crippen molar-refractivity contribution in [2.24, 2.45) is 5.92 Å². The van der Waals surface area contributed by atoms with Crippen molar-refractivity contribution in [1.29, 1.82) is 0 Å². The number of nitrogens with zero attached hydrogens (tertiary/aromatic N) is 1. The zero-order valence-electron chi connectivity index (χ0n) is 25.8. The van der Waals surface area contributed by atoms with E-state index in [9.17, 15) is 58.7 Å². The van der Waals surface area contributed by atoms with E-state index in [2.05, 4.69) is 26.6 Å². The summed E-state index contributed by atoms with van der Waals surface area (Å²) in [5, 5.41) is 50.0. The molecule has 1 aromatic carbocycles. The van der Waals surface area contributed by atoms with Gasteiger partial charge in [0, 0.05) is 37.6 Å². The van der Waals surface area contributed by atoms with Gasteiger partial charge in [0.1, 0.15) is 24.2 Å². The van der Waals surface area contributed by atoms with E-state index in [-0.39, 0.29) is 23.7 Å². The summed E-state index contributed by atoms with van der Waals surface area (Å²) in [5.41, 5.74) is -0.271. The van der Waals surface area contributed by atoms with E-state index in [4.69, 9.17) is 5.11 Å². The summed E-state index contributed by atoms with van der Waals surface area (Å²) in [6, 6.07) is -1.67. The maximum atomic E-state index is 13.3. The smallest absolute Gasteiger partial charge is 0.305 e. The van der Waals surface area contributed by atoms with Crippen molar-refractivity contribution in [1.82, 2.24) is 21.3 Å². The van der Waals surface area contributed by atoms with Gasteiger partial charge in [-0.1, -0.05) is 13.8 Å². The lowest BCUT2D eigenvalue weighted by Gasteiger charge is -2.26. The molecule has 0 spiro atoms. The summed E-state index contributed by atoms with van der Waals surface area (Å²) >= 11 is 0. The van der Waals surface area contributed by atoms with Gasteiger partial charge in [-0.3, -0.25) is 48.5 Å². The van der Waals surface area contributed by atoms with Gasteiger partial charge >= 0.3 is 17.9 Å². The normalized spacial score (nSPS) is 13.2. The zero-order chi connectivity index (χ0) is 35.8. The van der Waals surface area contributed by atoms with Crippen LogP contribution in [0.3, 0.4) is 0 Å². The highest BCUT2D eigenvalue weighted by Gasteiger charge is 2.32. The lowest BCUT2D eigenvalue weighted by molar-refractivity contribution is -0.384. The van der Waals surface area contributed by atoms with Gasteiger partial charge in [-0.05, 0) is 37.3 Å². The highest BCUT2D eigenvalue weighted by molar-refractivity contribution is 6.00. The molecule has 0 fully saturated rings. The number of nitrogens with one attached hydrogen (secondary N) is 5. The number of carboxylic acid groups (broad SMARTS) is 3. The maximum Gasteiger partial charge on any atom is 0.305 e. The molecule has 5 amide bonds. The van der Waals surface area contributed by atoms with Gasteiger partial charge < -0.3 is 41.9 Å². The van der Waals surface area contributed by atoms with Crippen LogP contribution in [0.1, 0.15) is 59.3 Å². The molecule has 8 N–H and O–H groups in total. The summed E-state index contributed by atoms with van der Waals surface area (Å²) < 4.78 is 0. The van der Waals surface area contributed by atoms with Crippen molar-refractivity contribution in [3.63, 3.8) is 0 Å². The number of carbonyl (C=O) groups excluding carboxylic acids is 5. The molecular formula is C28H38N6O13. The van der Waals surface area contributed by atoms with E-state index in [1.54, 1.807) is 13.8 Å². The maximum absolute atomic E-state index is 13.3. The standard InChI is InChI=1S/C28H38N6O13/c1-14(2)12-20(29-15(3)35)28(45)32-18(8-10-22(36)37)25(42)31-19(9-11-23(38)39)26(43)33-21(13-24(40)41)27(44)30-16-4-6-17(7-5-16)34(46)47/h4-7,14,18-21H,8-13H2,1-3H3,(H,29,35)(H,30,44)(H,31,42)(H,32,45)(H,33,43)(H,36,37)(H,38,39)(H,40,41)/t18-,19-,20-,21-/m0/s1. The molecule has 0 bridgehead atoms. The van der Waals surface area contributed by atoms with Crippen molar-refractivity contribution < 1.29 is 58.6 Å². The van der Waals surface area contributed by atoms with Crippen LogP contribution in [0, 0.1) is 16.0 Å². The van der Waals surface area contributed by atoms with Crippen LogP contribution < -0.4 is 26.6 Å². The van der Waals surface area contributed by atoms with Gasteiger partial charge in [-0.25, -0.2) is 0 Å². The Kier molecular flexibility index (Phi) is 15.9. The molecule has 4 atom stereocenters. The highest BCUT2D eigenvalue weighted by atomic mass is 16.6. The summed E-state index contributed by atoms with van der Waals surface area (Å²) in [7, 11) is 0. The number of hydrogen-bond donors (Lipinski definition) is 8. The molecule has 19 nitrogen and oxygen atoms in total. The first-order chi connectivity index (χ1) is 21.9. The molecule has 0 aliphatic rings. The lowest BCUT2D eigenvalue weighted by atomic mass is 10.0. The van der Waals surface area contributed by atoms with Crippen LogP contribution in [0.25, 0.3) is 0 Å². The van der Waals surface area contributed by atoms with Gasteiger partial charge in [0.15, 0.2) is 0 Å². The number of carbonyl (C=O) groups is 8. The van der Waals surface area contributed by atoms with Crippen molar-refractivity contribution in [2.75, 3.05) is 5.32 Å². The van der Waals surface area contributed by atoms with E-state index in [1.165, 1.54) is 6.92 Å². The molecule has 0 aliphatic carbocycles. The first-order valence-corrected chi connectivity index (χ1v) is 14.3. The second-order valence-corrected chi connectivity index (χ2v) is 10.8. The number of carboxylic acids is 3. The molecule has 0 heterocycles. The number of benzene rings is 1. The number of rotatable bonds is 20. The molecule has 19 heteroatoms. The van der Waals surface area contributed by atoms with Crippen LogP contribution in [0.4, 0.5) is 11.4 Å². The number of hydrogen-bond acceptors (Lipinski definition) is 10. The van der Waals surface area contributed by atoms with Crippen LogP contribution in [0.2, 0.25) is 0 Å². The number of nitro benzene ring substituents is 1. The third kappa shape index (κ3) is 15.3. The third-order valence-corrected chi connectivity index (χ3v) is 6.32. The van der Waals surface area contributed by atoms with Crippen LogP contribution in [-0.4, -0.2) is 91.9 Å². The zero-order valence-corrected chi connectivity index (χ0v) is 25.8. The quantitative estimate of drug-likeness (QED) is 0.0658. The van der Waals surface area contributed by atoms with Crippen LogP contribution in [-0.2, 0) is 38.4 Å². The minimum Gasteiger partial charge on any atom is -0.481 e. The first kappa shape index (κ1) is 39.4. The molecule has 1 rings (SSSR count). The van der Waals surface area contributed by atoms with Crippen molar-refractivity contribution in [3.8, 4) is 0 Å². The Hall–Kier alpha value is -5.62. The van der Waals surface area contributed by atoms with Crippen LogP contribution >= 0.6 is 0 Å². The van der Waals surface area contributed by atoms with E-state index in [0.717, 1.165) is 24.3 Å². The molecule has 1 aromatic rings. The summed E-state index contributed by atoms with van der Waals surface area (Å²) in [5.74, 6) is -9.00. The topological polar surface area (TPSA) is 301 Å². The average Bonchev–Trinajstić information content (AvgIpc) is 2.95. The van der Waals surface area contributed by atoms with E-state index >= 15 is 0 Å². The highest BCUT2D eigenvalue weighted by Crippen LogP contribution is 2.16. The predicted molar refractivity (Wildman–Crippen MR) is 161 cm³/mol. The fourth-order valence-corrected chi connectivity index (χ4v) is 4.12. The monoisotopic (exact) mass is 666 g/mol. The summed E-state index contributed by atoms with van der Waals surface area (Å²) in [6.07, 6.45) is -3.10. The SMILES string of the molecule is CC(=O)N[C@@H](CC(C)C)C(=O)N[C@@H](CCC(=O)O)C(=O)N[C@@H](CCC(=O)O)C(=O)N[C@@H](CC(=O)O)C(=O)Nc1ccc([N+](=O)[O-])cc1. The van der Waals surface area contributed by atoms with Crippen LogP contribution in [0.5, 0.6) is 0 Å². The Bertz CT molecular complexity index is 1350. The Balaban J connectivity index is 3.24. The van der Waals surface area contributed by atoms with Gasteiger partial charge in [-0.15, -0.1) is 0 Å². The predicted octanol–water partition coefficient (Wildman–Crippen LogP) is -0.257. The number of non-ortho nitro benzene ring substituents is 1. The molecule has 0 radical (unpaired) electrons. The van der Waals surface area contributed by atoms with Crippen molar-refractivity contribution in [2.45, 2.75) is 83.5 Å². The lowest BCUT2D eigenvalue weighted by Crippen LogP contribution is -2.58. The second-order valence-electron chi connectivity index (χ2n) is 10.8. The van der Waals surface area contributed by atoms with Gasteiger partial charge in [0.25, 0.3) is 5.69 Å². The molecule has 0 aromatic heterocycles. The van der Waals surface area contributed by atoms with E-state index in [0.29, 0.717) is 0 Å². The Labute approximate surface area is 268 Å². The van der Waals surface area contributed by atoms with Gasteiger partial charge in [0.05, 0.1) is 11.3 Å². The fraction of sp³-hybridized carbons (Fsp3) is 0.500. The molecular weight excluding hydrogens is 628 g/mol. The fourth-order valence-electron chi connectivity index (χ4n) is 4.12. The summed E-state index contributed by atoms with van der Waals surface area (Å²) in [6.45, 7) is 4.71. The van der Waals surface area contributed by atoms with Gasteiger partial charge in [0.2, 0.25) is 29.5 Å². The minimum atomic E-state index is -1.77. The molecule has 0 unspecified atom stereocenters. The second kappa shape index (κ2) is 19.0. The Morgan fingerprint density at radius 1 is 0.681 bits per heavy atom. The molecule has 0 saturated carbocycles. The molecule has 47 heavy (non-hydrogen) atoms. The number of nitro groups is 1. The molecule has 0 aliphatic heterocycles. The number of amides is 5. The Morgan fingerprint density at radius 3 is 1.51 bits per heavy atom.